The number of carbonyl (C=O) groups is 1. The summed E-state index contributed by atoms with van der Waals surface area (Å²) in [6, 6.07) is 16.7. The first-order valence-corrected chi connectivity index (χ1v) is 8.89. The third-order valence-electron chi connectivity index (χ3n) is 3.79. The Hall–Kier alpha value is -2.70. The number of rotatable bonds is 6. The zero-order valence-corrected chi connectivity index (χ0v) is 14.4. The van der Waals surface area contributed by atoms with Gasteiger partial charge in [0, 0.05) is 11.9 Å². The van der Waals surface area contributed by atoms with Crippen LogP contribution in [0.4, 0.5) is 5.69 Å². The summed E-state index contributed by atoms with van der Waals surface area (Å²) in [6.07, 6.45) is 0.846. The molecule has 0 radical (unpaired) electrons. The van der Waals surface area contributed by atoms with Crippen LogP contribution in [0.1, 0.15) is 16.8 Å². The van der Waals surface area contributed by atoms with Gasteiger partial charge in [-0.3, -0.25) is 0 Å². The SMILES string of the molecule is NCCCn1c(-c2ccc(C(=O)O)cc2)cs/c1=N/c1ccccc1. The Balaban J connectivity index is 2.04. The predicted octanol–water partition coefficient (Wildman–Crippen LogP) is 3.50. The minimum Gasteiger partial charge on any atom is -0.478 e. The molecular weight excluding hydrogens is 334 g/mol. The van der Waals surface area contributed by atoms with Gasteiger partial charge in [-0.2, -0.15) is 0 Å². The highest BCUT2D eigenvalue weighted by molar-refractivity contribution is 7.07. The molecule has 0 amide bonds. The standard InChI is InChI=1S/C19H19N3O2S/c20-11-4-12-22-17(14-7-9-15(10-8-14)18(23)24)13-25-19(22)21-16-5-2-1-3-6-16/h1-3,5-10,13H,4,11-12,20H2,(H,23,24)/b21-19+. The molecule has 0 atom stereocenters. The van der Waals surface area contributed by atoms with Crippen LogP contribution in [0.5, 0.6) is 0 Å². The molecule has 2 aromatic carbocycles. The van der Waals surface area contributed by atoms with Crippen LogP contribution in [0.2, 0.25) is 0 Å². The summed E-state index contributed by atoms with van der Waals surface area (Å²) in [7, 11) is 0. The first-order chi connectivity index (χ1) is 12.2. The number of nitrogens with two attached hydrogens (primary N) is 1. The second kappa shape index (κ2) is 7.92. The van der Waals surface area contributed by atoms with Gasteiger partial charge in [0.2, 0.25) is 0 Å². The Morgan fingerprint density at radius 1 is 1.12 bits per heavy atom. The molecule has 0 fully saturated rings. The van der Waals surface area contributed by atoms with Crippen molar-refractivity contribution in [3.8, 4) is 11.3 Å². The van der Waals surface area contributed by atoms with E-state index in [-0.39, 0.29) is 5.56 Å². The van der Waals surface area contributed by atoms with Gasteiger partial charge in [-0.15, -0.1) is 11.3 Å². The maximum atomic E-state index is 11.0. The molecule has 3 aromatic rings. The topological polar surface area (TPSA) is 80.6 Å². The molecule has 0 bridgehead atoms. The normalized spacial score (nSPS) is 11.6. The van der Waals surface area contributed by atoms with Crippen molar-refractivity contribution in [3.05, 3.63) is 70.3 Å². The molecule has 0 aliphatic heterocycles. The number of aromatic nitrogens is 1. The Morgan fingerprint density at radius 3 is 2.48 bits per heavy atom. The van der Waals surface area contributed by atoms with Gasteiger partial charge in [-0.1, -0.05) is 30.3 Å². The van der Waals surface area contributed by atoms with Crippen molar-refractivity contribution in [1.82, 2.24) is 4.57 Å². The van der Waals surface area contributed by atoms with E-state index in [1.165, 1.54) is 0 Å². The first kappa shape index (κ1) is 17.1. The molecule has 0 saturated heterocycles. The third-order valence-corrected chi connectivity index (χ3v) is 4.66. The molecule has 25 heavy (non-hydrogen) atoms. The summed E-state index contributed by atoms with van der Waals surface area (Å²) in [4.78, 5) is 16.7. The van der Waals surface area contributed by atoms with E-state index in [1.807, 2.05) is 47.8 Å². The van der Waals surface area contributed by atoms with Crippen molar-refractivity contribution in [2.75, 3.05) is 6.54 Å². The Bertz CT molecular complexity index is 912. The maximum absolute atomic E-state index is 11.0. The van der Waals surface area contributed by atoms with Crippen LogP contribution in [-0.4, -0.2) is 22.2 Å². The molecule has 0 saturated carbocycles. The van der Waals surface area contributed by atoms with Crippen molar-refractivity contribution >= 4 is 23.0 Å². The molecule has 1 aromatic heterocycles. The monoisotopic (exact) mass is 353 g/mol. The van der Waals surface area contributed by atoms with Crippen molar-refractivity contribution in [2.45, 2.75) is 13.0 Å². The van der Waals surface area contributed by atoms with E-state index in [1.54, 1.807) is 23.5 Å². The highest BCUT2D eigenvalue weighted by Crippen LogP contribution is 2.22. The van der Waals surface area contributed by atoms with Crippen molar-refractivity contribution < 1.29 is 9.90 Å². The van der Waals surface area contributed by atoms with Crippen LogP contribution in [0.25, 0.3) is 11.3 Å². The fourth-order valence-electron chi connectivity index (χ4n) is 2.51. The molecule has 0 aliphatic carbocycles. The molecule has 0 spiro atoms. The van der Waals surface area contributed by atoms with Gasteiger partial charge >= 0.3 is 5.97 Å². The fraction of sp³-hybridized carbons (Fsp3) is 0.158. The predicted molar refractivity (Wildman–Crippen MR) is 100 cm³/mol. The summed E-state index contributed by atoms with van der Waals surface area (Å²) in [5, 5.41) is 11.1. The quantitative estimate of drug-likeness (QED) is 0.712. The number of hydrogen-bond acceptors (Lipinski definition) is 4. The van der Waals surface area contributed by atoms with E-state index in [4.69, 9.17) is 15.8 Å². The van der Waals surface area contributed by atoms with Gasteiger partial charge in [0.15, 0.2) is 4.80 Å². The van der Waals surface area contributed by atoms with E-state index in [2.05, 4.69) is 4.57 Å². The first-order valence-electron chi connectivity index (χ1n) is 8.01. The maximum Gasteiger partial charge on any atom is 0.335 e. The average Bonchev–Trinajstić information content (AvgIpc) is 3.03. The number of nitrogens with zero attached hydrogens (tertiary/aromatic N) is 2. The Morgan fingerprint density at radius 2 is 1.84 bits per heavy atom. The Labute approximate surface area is 149 Å². The van der Waals surface area contributed by atoms with E-state index < -0.39 is 5.97 Å². The van der Waals surface area contributed by atoms with E-state index in [0.717, 1.165) is 34.7 Å². The van der Waals surface area contributed by atoms with Gasteiger partial charge in [-0.05, 0) is 42.8 Å². The summed E-state index contributed by atoms with van der Waals surface area (Å²) in [6.45, 7) is 1.37. The number of aromatic carboxylic acids is 1. The van der Waals surface area contributed by atoms with E-state index in [0.29, 0.717) is 6.54 Å². The van der Waals surface area contributed by atoms with E-state index >= 15 is 0 Å². The minimum atomic E-state index is -0.923. The number of benzene rings is 2. The minimum absolute atomic E-state index is 0.279. The molecule has 3 rings (SSSR count). The van der Waals surface area contributed by atoms with Crippen molar-refractivity contribution in [2.24, 2.45) is 10.7 Å². The second-order valence-corrected chi connectivity index (χ2v) is 6.36. The molecule has 0 unspecified atom stereocenters. The number of carboxylic acids is 1. The third kappa shape index (κ3) is 4.04. The van der Waals surface area contributed by atoms with E-state index in [9.17, 15) is 4.79 Å². The van der Waals surface area contributed by atoms with Crippen LogP contribution in [0.3, 0.4) is 0 Å². The second-order valence-electron chi connectivity index (χ2n) is 5.53. The largest absolute Gasteiger partial charge is 0.478 e. The molecule has 128 valence electrons. The van der Waals surface area contributed by atoms with Gasteiger partial charge in [0.1, 0.15) is 0 Å². The fourth-order valence-corrected chi connectivity index (χ4v) is 3.47. The van der Waals surface area contributed by atoms with Crippen LogP contribution in [0, 0.1) is 0 Å². The lowest BCUT2D eigenvalue weighted by molar-refractivity contribution is 0.0697. The number of para-hydroxylation sites is 1. The van der Waals surface area contributed by atoms with Crippen LogP contribution in [-0.2, 0) is 6.54 Å². The lowest BCUT2D eigenvalue weighted by atomic mass is 10.1. The lowest BCUT2D eigenvalue weighted by Gasteiger charge is -2.09. The zero-order chi connectivity index (χ0) is 17.6. The molecular formula is C19H19N3O2S. The summed E-state index contributed by atoms with van der Waals surface area (Å²) in [5.74, 6) is -0.923. The summed E-state index contributed by atoms with van der Waals surface area (Å²) < 4.78 is 2.14. The van der Waals surface area contributed by atoms with Crippen molar-refractivity contribution in [3.63, 3.8) is 0 Å². The number of hydrogen-bond donors (Lipinski definition) is 2. The van der Waals surface area contributed by atoms with Gasteiger partial charge in [0.25, 0.3) is 0 Å². The van der Waals surface area contributed by atoms with Gasteiger partial charge in [0.05, 0.1) is 16.9 Å². The highest BCUT2D eigenvalue weighted by Gasteiger charge is 2.09. The molecule has 0 aliphatic rings. The van der Waals surface area contributed by atoms with Crippen LogP contribution < -0.4 is 10.5 Å². The van der Waals surface area contributed by atoms with Crippen molar-refractivity contribution in [1.29, 1.82) is 0 Å². The number of carboxylic acid groups (broad SMARTS) is 1. The lowest BCUT2D eigenvalue weighted by Crippen LogP contribution is -2.18. The number of thiazole rings is 1. The summed E-state index contributed by atoms with van der Waals surface area (Å²) in [5.41, 5.74) is 8.85. The molecule has 3 N–H and O–H groups in total. The average molecular weight is 353 g/mol. The smallest absolute Gasteiger partial charge is 0.335 e. The Kier molecular flexibility index (Phi) is 5.42. The summed E-state index contributed by atoms with van der Waals surface area (Å²) >= 11 is 1.57. The van der Waals surface area contributed by atoms with Crippen LogP contribution in [0.15, 0.2) is 65.0 Å². The van der Waals surface area contributed by atoms with Gasteiger partial charge < -0.3 is 15.4 Å². The van der Waals surface area contributed by atoms with Crippen LogP contribution >= 0.6 is 11.3 Å². The van der Waals surface area contributed by atoms with Gasteiger partial charge in [-0.25, -0.2) is 9.79 Å². The molecule has 5 nitrogen and oxygen atoms in total. The molecule has 6 heteroatoms. The zero-order valence-electron chi connectivity index (χ0n) is 13.6. The molecule has 1 heterocycles. The highest BCUT2D eigenvalue weighted by atomic mass is 32.1.